The molecule has 0 fully saturated rings. The van der Waals surface area contributed by atoms with E-state index in [1.165, 1.54) is 6.92 Å². The number of carbonyl (C=O) groups is 4. The van der Waals surface area contributed by atoms with Crippen molar-refractivity contribution in [1.29, 1.82) is 0 Å². The number of aryl methyl sites for hydroxylation is 1. The van der Waals surface area contributed by atoms with E-state index >= 15 is 0 Å². The van der Waals surface area contributed by atoms with E-state index in [0.717, 1.165) is 10.5 Å². The Kier molecular flexibility index (Phi) is 3.75. The van der Waals surface area contributed by atoms with Gasteiger partial charge in [0.25, 0.3) is 11.8 Å². The largest absolute Gasteiger partial charge is 0.480 e. The van der Waals surface area contributed by atoms with Crippen LogP contribution in [-0.2, 0) is 9.59 Å². The van der Waals surface area contributed by atoms with Gasteiger partial charge in [0.2, 0.25) is 5.91 Å². The Bertz CT molecular complexity index is 653. The first-order valence-corrected chi connectivity index (χ1v) is 6.31. The molecule has 110 valence electrons. The van der Waals surface area contributed by atoms with Crippen molar-refractivity contribution in [3.05, 3.63) is 34.9 Å². The minimum atomic E-state index is -1.20. The third kappa shape index (κ3) is 2.62. The van der Waals surface area contributed by atoms with E-state index in [9.17, 15) is 19.2 Å². The van der Waals surface area contributed by atoms with Crippen molar-refractivity contribution < 1.29 is 24.3 Å². The van der Waals surface area contributed by atoms with Gasteiger partial charge in [0.15, 0.2) is 0 Å². The lowest BCUT2D eigenvalue weighted by Crippen LogP contribution is -2.48. The number of nitrogens with one attached hydrogen (secondary N) is 1. The molecular formula is C14H14N2O5. The van der Waals surface area contributed by atoms with Crippen molar-refractivity contribution in [1.82, 2.24) is 10.2 Å². The van der Waals surface area contributed by atoms with Gasteiger partial charge < -0.3 is 10.4 Å². The molecule has 0 aliphatic carbocycles. The summed E-state index contributed by atoms with van der Waals surface area (Å²) in [5, 5.41) is 10.7. The van der Waals surface area contributed by atoms with Crippen molar-refractivity contribution in [3.8, 4) is 0 Å². The average molecular weight is 290 g/mol. The lowest BCUT2D eigenvalue weighted by molar-refractivity contribution is -0.138. The van der Waals surface area contributed by atoms with Crippen LogP contribution in [0.1, 0.15) is 33.2 Å². The molecule has 1 aromatic rings. The predicted octanol–water partition coefficient (Wildman–Crippen LogP) is 0.180. The number of carbonyl (C=O) groups excluding carboxylic acids is 3. The van der Waals surface area contributed by atoms with Gasteiger partial charge in [0.05, 0.1) is 11.1 Å². The second kappa shape index (κ2) is 5.35. The summed E-state index contributed by atoms with van der Waals surface area (Å²) >= 11 is 0. The summed E-state index contributed by atoms with van der Waals surface area (Å²) in [5.41, 5.74) is 1.35. The molecule has 1 atom stereocenters. The maximum Gasteiger partial charge on any atom is 0.322 e. The molecular weight excluding hydrogens is 276 g/mol. The van der Waals surface area contributed by atoms with Crippen molar-refractivity contribution >= 4 is 23.7 Å². The van der Waals surface area contributed by atoms with Crippen LogP contribution >= 0.6 is 0 Å². The molecule has 7 heteroatoms. The van der Waals surface area contributed by atoms with Crippen LogP contribution in [0.15, 0.2) is 18.2 Å². The first-order valence-electron chi connectivity index (χ1n) is 6.31. The number of aliphatic carboxylic acids is 1. The standard InChI is InChI=1S/C14H14N2O5/c1-7-3-4-9-10(5-7)14(21)16(13(9)20)8(2)12(19)15-6-11(17)18/h3-5,8H,6H2,1-2H3,(H,15,19)(H,17,18). The van der Waals surface area contributed by atoms with Crippen LogP contribution in [0, 0.1) is 6.92 Å². The molecule has 1 aromatic carbocycles. The van der Waals surface area contributed by atoms with Crippen LogP contribution in [0.5, 0.6) is 0 Å². The first-order chi connectivity index (χ1) is 9.82. The summed E-state index contributed by atoms with van der Waals surface area (Å²) in [6.45, 7) is 2.61. The zero-order valence-corrected chi connectivity index (χ0v) is 11.5. The average Bonchev–Trinajstić information content (AvgIpc) is 2.67. The van der Waals surface area contributed by atoms with Crippen LogP contribution in [-0.4, -0.2) is 46.3 Å². The summed E-state index contributed by atoms with van der Waals surface area (Å²) in [6, 6.07) is 3.78. The summed E-state index contributed by atoms with van der Waals surface area (Å²) in [6.07, 6.45) is 0. The highest BCUT2D eigenvalue weighted by Gasteiger charge is 2.40. The molecule has 1 aliphatic rings. The lowest BCUT2D eigenvalue weighted by atomic mass is 10.1. The topological polar surface area (TPSA) is 104 Å². The zero-order chi connectivity index (χ0) is 15.7. The van der Waals surface area contributed by atoms with Gasteiger partial charge in [-0.1, -0.05) is 11.6 Å². The molecule has 2 rings (SSSR count). The maximum atomic E-state index is 12.3. The first kappa shape index (κ1) is 14.7. The van der Waals surface area contributed by atoms with Gasteiger partial charge in [-0.2, -0.15) is 0 Å². The highest BCUT2D eigenvalue weighted by atomic mass is 16.4. The van der Waals surface area contributed by atoms with Gasteiger partial charge in [-0.25, -0.2) is 0 Å². The number of nitrogens with zero attached hydrogens (tertiary/aromatic N) is 1. The van der Waals surface area contributed by atoms with E-state index in [4.69, 9.17) is 5.11 Å². The van der Waals surface area contributed by atoms with Gasteiger partial charge in [-0.15, -0.1) is 0 Å². The van der Waals surface area contributed by atoms with Crippen molar-refractivity contribution in [2.45, 2.75) is 19.9 Å². The van der Waals surface area contributed by atoms with Crippen LogP contribution in [0.25, 0.3) is 0 Å². The molecule has 0 radical (unpaired) electrons. The zero-order valence-electron chi connectivity index (χ0n) is 11.5. The van der Waals surface area contributed by atoms with Crippen LogP contribution in [0.2, 0.25) is 0 Å². The fraction of sp³-hybridized carbons (Fsp3) is 0.286. The van der Waals surface area contributed by atoms with Crippen LogP contribution in [0.4, 0.5) is 0 Å². The minimum Gasteiger partial charge on any atom is -0.480 e. The molecule has 0 bridgehead atoms. The molecule has 1 heterocycles. The Hall–Kier alpha value is -2.70. The molecule has 0 aromatic heterocycles. The third-order valence-corrected chi connectivity index (χ3v) is 3.25. The van der Waals surface area contributed by atoms with E-state index < -0.39 is 36.3 Å². The van der Waals surface area contributed by atoms with E-state index in [1.54, 1.807) is 25.1 Å². The molecule has 0 saturated heterocycles. The second-order valence-electron chi connectivity index (χ2n) is 4.82. The van der Waals surface area contributed by atoms with E-state index in [2.05, 4.69) is 5.32 Å². The fourth-order valence-corrected chi connectivity index (χ4v) is 2.15. The Morgan fingerprint density at radius 2 is 1.86 bits per heavy atom. The second-order valence-corrected chi connectivity index (χ2v) is 4.82. The Morgan fingerprint density at radius 1 is 1.24 bits per heavy atom. The number of amides is 3. The molecule has 3 amide bonds. The quantitative estimate of drug-likeness (QED) is 0.770. The van der Waals surface area contributed by atoms with Gasteiger partial charge >= 0.3 is 5.97 Å². The molecule has 1 aliphatic heterocycles. The Labute approximate surface area is 120 Å². The summed E-state index contributed by atoms with van der Waals surface area (Å²) in [7, 11) is 0. The number of benzene rings is 1. The molecule has 0 spiro atoms. The number of carboxylic acid groups (broad SMARTS) is 1. The van der Waals surface area contributed by atoms with Gasteiger partial charge in [0.1, 0.15) is 12.6 Å². The van der Waals surface area contributed by atoms with E-state index in [0.29, 0.717) is 0 Å². The van der Waals surface area contributed by atoms with Crippen molar-refractivity contribution in [2.24, 2.45) is 0 Å². The Balaban J connectivity index is 2.22. The number of rotatable bonds is 4. The summed E-state index contributed by atoms with van der Waals surface area (Å²) < 4.78 is 0. The fourth-order valence-electron chi connectivity index (χ4n) is 2.15. The van der Waals surface area contributed by atoms with E-state index in [1.807, 2.05) is 0 Å². The highest BCUT2D eigenvalue weighted by molar-refractivity contribution is 6.22. The lowest BCUT2D eigenvalue weighted by Gasteiger charge is -2.21. The number of hydrogen-bond donors (Lipinski definition) is 2. The maximum absolute atomic E-state index is 12.3. The molecule has 7 nitrogen and oxygen atoms in total. The third-order valence-electron chi connectivity index (χ3n) is 3.25. The number of imide groups is 1. The summed E-state index contributed by atoms with van der Waals surface area (Å²) in [5.74, 6) is -2.98. The minimum absolute atomic E-state index is 0.253. The van der Waals surface area contributed by atoms with Crippen molar-refractivity contribution in [2.75, 3.05) is 6.54 Å². The Morgan fingerprint density at radius 3 is 2.48 bits per heavy atom. The number of hydrogen-bond acceptors (Lipinski definition) is 4. The molecule has 21 heavy (non-hydrogen) atoms. The molecule has 2 N–H and O–H groups in total. The van der Waals surface area contributed by atoms with Gasteiger partial charge in [0, 0.05) is 0 Å². The SMILES string of the molecule is Cc1ccc2c(c1)C(=O)N(C(C)C(=O)NCC(=O)O)C2=O. The monoisotopic (exact) mass is 290 g/mol. The molecule has 0 saturated carbocycles. The van der Waals surface area contributed by atoms with Crippen LogP contribution < -0.4 is 5.32 Å². The molecule has 1 unspecified atom stereocenters. The predicted molar refractivity (Wildman–Crippen MR) is 71.8 cm³/mol. The smallest absolute Gasteiger partial charge is 0.322 e. The van der Waals surface area contributed by atoms with Crippen LogP contribution in [0.3, 0.4) is 0 Å². The van der Waals surface area contributed by atoms with Gasteiger partial charge in [-0.05, 0) is 26.0 Å². The summed E-state index contributed by atoms with van der Waals surface area (Å²) in [4.78, 5) is 47.6. The van der Waals surface area contributed by atoms with Gasteiger partial charge in [-0.3, -0.25) is 24.1 Å². The highest BCUT2D eigenvalue weighted by Crippen LogP contribution is 2.25. The number of fused-ring (bicyclic) bond motifs is 1. The van der Waals surface area contributed by atoms with Crippen molar-refractivity contribution in [3.63, 3.8) is 0 Å². The number of carboxylic acids is 1. The normalized spacial score (nSPS) is 14.9. The van der Waals surface area contributed by atoms with E-state index in [-0.39, 0.29) is 11.1 Å².